The van der Waals surface area contributed by atoms with Gasteiger partial charge in [-0.25, -0.2) is 4.79 Å². The molecule has 1 aromatic rings. The van der Waals surface area contributed by atoms with Crippen LogP contribution >= 0.6 is 0 Å². The number of urea groups is 1. The molecule has 3 rings (SSSR count). The van der Waals surface area contributed by atoms with Crippen molar-refractivity contribution in [1.82, 2.24) is 15.1 Å². The van der Waals surface area contributed by atoms with E-state index >= 15 is 0 Å². The van der Waals surface area contributed by atoms with E-state index < -0.39 is 0 Å². The number of fused-ring (bicyclic) bond motifs is 2. The van der Waals surface area contributed by atoms with Crippen LogP contribution in [0.2, 0.25) is 0 Å². The van der Waals surface area contributed by atoms with Crippen LogP contribution in [0.3, 0.4) is 0 Å². The molecule has 6 nitrogen and oxygen atoms in total. The summed E-state index contributed by atoms with van der Waals surface area (Å²) in [5, 5.41) is 3.23. The van der Waals surface area contributed by atoms with Crippen LogP contribution in [-0.2, 0) is 6.54 Å². The van der Waals surface area contributed by atoms with Gasteiger partial charge in [0.1, 0.15) is 11.5 Å². The lowest BCUT2D eigenvalue weighted by molar-refractivity contribution is 0.165. The fourth-order valence-corrected chi connectivity index (χ4v) is 4.51. The summed E-state index contributed by atoms with van der Waals surface area (Å²) < 4.78 is 11.1. The highest BCUT2D eigenvalue weighted by atomic mass is 16.5. The van der Waals surface area contributed by atoms with Crippen molar-refractivity contribution in [2.75, 3.05) is 34.4 Å². The second kappa shape index (κ2) is 7.43. The van der Waals surface area contributed by atoms with Gasteiger partial charge in [-0.2, -0.15) is 0 Å². The predicted octanol–water partition coefficient (Wildman–Crippen LogP) is 3.33. The summed E-state index contributed by atoms with van der Waals surface area (Å²) >= 11 is 0. The zero-order valence-corrected chi connectivity index (χ0v) is 17.3. The van der Waals surface area contributed by atoms with Crippen LogP contribution in [-0.4, -0.2) is 55.7 Å². The normalized spacial score (nSPS) is 24.3. The van der Waals surface area contributed by atoms with E-state index in [9.17, 15) is 4.79 Å². The van der Waals surface area contributed by atoms with Crippen LogP contribution in [0.1, 0.15) is 44.2 Å². The van der Waals surface area contributed by atoms with Crippen molar-refractivity contribution < 1.29 is 14.3 Å². The molecule has 0 aromatic heterocycles. The number of nitrogens with one attached hydrogen (secondary N) is 1. The standard InChI is InChI=1S/C21H31N3O3/c1-7-24-20(25)23-13-15-11-16(26-5)12-17(27-6)19(15)14(2)10-18(23)21(24,3)8-9-22-4/h10-12,14,22H,7-9,13H2,1-6H3/t14-,21?/m0/s1. The molecule has 27 heavy (non-hydrogen) atoms. The molecule has 1 aromatic carbocycles. The van der Waals surface area contributed by atoms with Crippen molar-refractivity contribution in [1.29, 1.82) is 0 Å². The molecule has 0 radical (unpaired) electrons. The number of likely N-dealkylation sites (N-methyl/N-ethyl adjacent to an activating group) is 1. The third-order valence-electron chi connectivity index (χ3n) is 5.93. The summed E-state index contributed by atoms with van der Waals surface area (Å²) in [6, 6.07) is 4.02. The first-order valence-corrected chi connectivity index (χ1v) is 9.62. The summed E-state index contributed by atoms with van der Waals surface area (Å²) in [7, 11) is 5.28. The summed E-state index contributed by atoms with van der Waals surface area (Å²) in [5.41, 5.74) is 2.98. The molecule has 148 valence electrons. The number of hydrogen-bond acceptors (Lipinski definition) is 4. The predicted molar refractivity (Wildman–Crippen MR) is 106 cm³/mol. The summed E-state index contributed by atoms with van der Waals surface area (Å²) in [4.78, 5) is 17.2. The minimum Gasteiger partial charge on any atom is -0.497 e. The third kappa shape index (κ3) is 3.06. The van der Waals surface area contributed by atoms with Gasteiger partial charge >= 0.3 is 6.03 Å². The average Bonchev–Trinajstić information content (AvgIpc) is 2.77. The molecule has 2 amide bonds. The molecule has 2 heterocycles. The van der Waals surface area contributed by atoms with Crippen LogP contribution in [0, 0.1) is 0 Å². The van der Waals surface area contributed by atoms with Gasteiger partial charge in [0.2, 0.25) is 0 Å². The van der Waals surface area contributed by atoms with Crippen molar-refractivity contribution in [2.24, 2.45) is 0 Å². The van der Waals surface area contributed by atoms with E-state index in [1.54, 1.807) is 14.2 Å². The highest BCUT2D eigenvalue weighted by Crippen LogP contribution is 2.46. The number of carbonyl (C=O) groups excluding carboxylic acids is 1. The molecule has 1 fully saturated rings. The molecule has 0 bridgehead atoms. The second-order valence-corrected chi connectivity index (χ2v) is 7.48. The van der Waals surface area contributed by atoms with Crippen molar-refractivity contribution in [3.05, 3.63) is 35.0 Å². The fraction of sp³-hybridized carbons (Fsp3) is 0.571. The number of rotatable bonds is 6. The zero-order chi connectivity index (χ0) is 19.8. The maximum absolute atomic E-state index is 13.3. The Morgan fingerprint density at radius 1 is 1.30 bits per heavy atom. The third-order valence-corrected chi connectivity index (χ3v) is 5.93. The first kappa shape index (κ1) is 19.5. The number of ether oxygens (including phenoxy) is 2. The maximum atomic E-state index is 13.3. The Morgan fingerprint density at radius 3 is 2.63 bits per heavy atom. The van der Waals surface area contributed by atoms with Gasteiger partial charge in [0.15, 0.2) is 0 Å². The van der Waals surface area contributed by atoms with Crippen molar-refractivity contribution in [2.45, 2.75) is 45.2 Å². The number of allylic oxidation sites excluding steroid dienone is 1. The van der Waals surface area contributed by atoms with Gasteiger partial charge in [0, 0.05) is 29.8 Å². The van der Waals surface area contributed by atoms with E-state index in [0.717, 1.165) is 41.3 Å². The molecule has 1 saturated heterocycles. The number of amides is 2. The average molecular weight is 373 g/mol. The van der Waals surface area contributed by atoms with Crippen LogP contribution < -0.4 is 14.8 Å². The van der Waals surface area contributed by atoms with E-state index in [1.165, 1.54) is 0 Å². The van der Waals surface area contributed by atoms with Gasteiger partial charge < -0.3 is 19.7 Å². The highest BCUT2D eigenvalue weighted by Gasteiger charge is 2.50. The largest absolute Gasteiger partial charge is 0.497 e. The van der Waals surface area contributed by atoms with Crippen LogP contribution in [0.4, 0.5) is 4.79 Å². The van der Waals surface area contributed by atoms with Crippen molar-refractivity contribution in [3.63, 3.8) is 0 Å². The minimum atomic E-state index is -0.317. The molecular formula is C21H31N3O3. The Morgan fingerprint density at radius 2 is 2.04 bits per heavy atom. The van der Waals surface area contributed by atoms with Crippen LogP contribution in [0.5, 0.6) is 11.5 Å². The lowest BCUT2D eigenvalue weighted by atomic mass is 9.89. The Bertz CT molecular complexity index is 761. The summed E-state index contributed by atoms with van der Waals surface area (Å²) in [5.74, 6) is 1.70. The van der Waals surface area contributed by atoms with Crippen molar-refractivity contribution >= 4 is 6.03 Å². The van der Waals surface area contributed by atoms with E-state index in [4.69, 9.17) is 9.47 Å². The molecule has 2 aliphatic rings. The number of methoxy groups -OCH3 is 2. The molecule has 2 aliphatic heterocycles. The maximum Gasteiger partial charge on any atom is 0.325 e. The first-order valence-electron chi connectivity index (χ1n) is 9.62. The molecule has 0 saturated carbocycles. The molecular weight excluding hydrogens is 342 g/mol. The first-order chi connectivity index (χ1) is 12.9. The smallest absolute Gasteiger partial charge is 0.325 e. The fourth-order valence-electron chi connectivity index (χ4n) is 4.51. The van der Waals surface area contributed by atoms with Gasteiger partial charge in [-0.15, -0.1) is 0 Å². The van der Waals surface area contributed by atoms with E-state index in [0.29, 0.717) is 13.1 Å². The SMILES string of the molecule is CCN1C(=O)N2Cc3cc(OC)cc(OC)c3[C@@H](C)C=C2C1(C)CCNC. The van der Waals surface area contributed by atoms with Gasteiger partial charge in [0.25, 0.3) is 0 Å². The second-order valence-electron chi connectivity index (χ2n) is 7.48. The number of hydrogen-bond donors (Lipinski definition) is 1. The highest BCUT2D eigenvalue weighted by molar-refractivity contribution is 5.82. The Balaban J connectivity index is 2.13. The lowest BCUT2D eigenvalue weighted by Gasteiger charge is -2.34. The minimum absolute atomic E-state index is 0.0733. The van der Waals surface area contributed by atoms with Crippen LogP contribution in [0.15, 0.2) is 23.9 Å². The quantitative estimate of drug-likeness (QED) is 0.831. The van der Waals surface area contributed by atoms with Gasteiger partial charge in [-0.1, -0.05) is 13.0 Å². The topological polar surface area (TPSA) is 54.0 Å². The zero-order valence-electron chi connectivity index (χ0n) is 17.3. The molecule has 1 unspecified atom stereocenters. The number of benzene rings is 1. The molecule has 6 heteroatoms. The lowest BCUT2D eigenvalue weighted by Crippen LogP contribution is -2.45. The Labute approximate surface area is 162 Å². The summed E-state index contributed by atoms with van der Waals surface area (Å²) in [6.45, 7) is 8.47. The number of carbonyl (C=O) groups is 1. The van der Waals surface area contributed by atoms with Gasteiger partial charge in [-0.3, -0.25) is 4.90 Å². The number of nitrogens with zero attached hydrogens (tertiary/aromatic N) is 2. The van der Waals surface area contributed by atoms with Crippen molar-refractivity contribution in [3.8, 4) is 11.5 Å². The van der Waals surface area contributed by atoms with Gasteiger partial charge in [0.05, 0.1) is 26.3 Å². The van der Waals surface area contributed by atoms with Crippen LogP contribution in [0.25, 0.3) is 0 Å². The molecule has 2 atom stereocenters. The summed E-state index contributed by atoms with van der Waals surface area (Å²) in [6.07, 6.45) is 3.11. The Kier molecular flexibility index (Phi) is 5.38. The molecule has 1 N–H and O–H groups in total. The van der Waals surface area contributed by atoms with E-state index in [2.05, 4.69) is 25.2 Å². The Hall–Kier alpha value is -2.21. The van der Waals surface area contributed by atoms with Gasteiger partial charge in [-0.05, 0) is 45.5 Å². The molecule has 0 spiro atoms. The van der Waals surface area contributed by atoms with E-state index in [1.807, 2.05) is 35.9 Å². The molecule has 0 aliphatic carbocycles. The van der Waals surface area contributed by atoms with E-state index in [-0.39, 0.29) is 17.5 Å². The monoisotopic (exact) mass is 373 g/mol.